The molecule has 1 aromatic rings. The predicted molar refractivity (Wildman–Crippen MR) is 76.6 cm³/mol. The molecule has 5 nitrogen and oxygen atoms in total. The van der Waals surface area contributed by atoms with E-state index in [9.17, 15) is 8.42 Å². The third kappa shape index (κ3) is 4.47. The zero-order chi connectivity index (χ0) is 13.7. The Morgan fingerprint density at radius 3 is 3.00 bits per heavy atom. The number of sulfonamides is 1. The number of hydrogen-bond acceptors (Lipinski definition) is 4. The van der Waals surface area contributed by atoms with Crippen molar-refractivity contribution in [3.05, 3.63) is 23.9 Å². The Labute approximate surface area is 114 Å². The first-order chi connectivity index (χ1) is 9.07. The van der Waals surface area contributed by atoms with E-state index in [0.29, 0.717) is 18.3 Å². The minimum atomic E-state index is -3.31. The molecule has 1 fully saturated rings. The van der Waals surface area contributed by atoms with Crippen LogP contribution in [0.25, 0.3) is 0 Å². The van der Waals surface area contributed by atoms with E-state index in [1.165, 1.54) is 12.8 Å². The van der Waals surface area contributed by atoms with Gasteiger partial charge in [0.15, 0.2) is 0 Å². The number of nitrogens with zero attached hydrogens (tertiary/aromatic N) is 1. The summed E-state index contributed by atoms with van der Waals surface area (Å²) in [5.41, 5.74) is 0.835. The molecule has 0 aliphatic carbocycles. The molecule has 0 spiro atoms. The maximum atomic E-state index is 12.0. The van der Waals surface area contributed by atoms with Crippen molar-refractivity contribution >= 4 is 15.8 Å². The van der Waals surface area contributed by atoms with Gasteiger partial charge >= 0.3 is 0 Å². The van der Waals surface area contributed by atoms with E-state index in [0.717, 1.165) is 18.5 Å². The highest BCUT2D eigenvalue weighted by Crippen LogP contribution is 2.14. The first kappa shape index (κ1) is 14.3. The molecule has 2 rings (SSSR count). The van der Waals surface area contributed by atoms with Gasteiger partial charge in [-0.3, -0.25) is 4.72 Å². The van der Waals surface area contributed by atoms with Crippen LogP contribution in [-0.4, -0.2) is 31.7 Å². The van der Waals surface area contributed by atoms with Gasteiger partial charge in [0.2, 0.25) is 10.0 Å². The second kappa shape index (κ2) is 6.34. The molecule has 1 atom stereocenters. The third-order valence-corrected chi connectivity index (χ3v) is 4.69. The molecule has 19 heavy (non-hydrogen) atoms. The second-order valence-corrected chi connectivity index (χ2v) is 6.87. The lowest BCUT2D eigenvalue weighted by Gasteiger charge is -2.23. The minimum Gasteiger partial charge on any atom is -0.314 e. The molecule has 1 aliphatic rings. The van der Waals surface area contributed by atoms with Gasteiger partial charge in [-0.1, -0.05) is 12.5 Å². The fourth-order valence-corrected chi connectivity index (χ4v) is 3.46. The highest BCUT2D eigenvalue weighted by Gasteiger charge is 2.18. The molecule has 2 heterocycles. The molecule has 0 saturated carbocycles. The number of anilines is 1. The first-order valence-electron chi connectivity index (χ1n) is 6.72. The number of aromatic nitrogens is 1. The maximum absolute atomic E-state index is 12.0. The topological polar surface area (TPSA) is 71.1 Å². The summed E-state index contributed by atoms with van der Waals surface area (Å²) in [6.07, 6.45) is 5.69. The Balaban J connectivity index is 1.90. The van der Waals surface area contributed by atoms with Crippen molar-refractivity contribution < 1.29 is 8.42 Å². The molecule has 1 unspecified atom stereocenters. The molecule has 1 aliphatic heterocycles. The van der Waals surface area contributed by atoms with Crippen LogP contribution < -0.4 is 10.0 Å². The van der Waals surface area contributed by atoms with E-state index in [4.69, 9.17) is 0 Å². The Morgan fingerprint density at radius 1 is 1.47 bits per heavy atom. The van der Waals surface area contributed by atoms with Gasteiger partial charge in [0.1, 0.15) is 5.82 Å². The molecule has 0 radical (unpaired) electrons. The lowest BCUT2D eigenvalue weighted by Crippen LogP contribution is -2.36. The normalized spacial score (nSPS) is 20.2. The second-order valence-electron chi connectivity index (χ2n) is 5.03. The van der Waals surface area contributed by atoms with E-state index >= 15 is 0 Å². The van der Waals surface area contributed by atoms with Gasteiger partial charge in [-0.05, 0) is 44.4 Å². The largest absolute Gasteiger partial charge is 0.314 e. The van der Waals surface area contributed by atoms with Gasteiger partial charge in [0, 0.05) is 12.2 Å². The van der Waals surface area contributed by atoms with E-state index < -0.39 is 10.0 Å². The number of piperidine rings is 1. The van der Waals surface area contributed by atoms with Crippen LogP contribution >= 0.6 is 0 Å². The van der Waals surface area contributed by atoms with Crippen LogP contribution in [-0.2, 0) is 10.0 Å². The minimum absolute atomic E-state index is 0.140. The van der Waals surface area contributed by atoms with Gasteiger partial charge in [-0.15, -0.1) is 0 Å². The van der Waals surface area contributed by atoms with Crippen LogP contribution in [0.15, 0.2) is 18.3 Å². The average Bonchev–Trinajstić information content (AvgIpc) is 2.40. The van der Waals surface area contributed by atoms with E-state index in [2.05, 4.69) is 15.0 Å². The number of rotatable bonds is 5. The zero-order valence-electron chi connectivity index (χ0n) is 11.2. The van der Waals surface area contributed by atoms with Crippen molar-refractivity contribution in [2.24, 2.45) is 0 Å². The maximum Gasteiger partial charge on any atom is 0.233 e. The fraction of sp³-hybridized carbons (Fsp3) is 0.615. The van der Waals surface area contributed by atoms with Crippen molar-refractivity contribution in [2.45, 2.75) is 38.6 Å². The van der Waals surface area contributed by atoms with Crippen LogP contribution in [0, 0.1) is 6.92 Å². The molecule has 0 aromatic carbocycles. The van der Waals surface area contributed by atoms with Crippen molar-refractivity contribution in [2.75, 3.05) is 17.0 Å². The van der Waals surface area contributed by atoms with E-state index in [1.54, 1.807) is 12.3 Å². The van der Waals surface area contributed by atoms with Crippen molar-refractivity contribution in [1.29, 1.82) is 0 Å². The number of pyridine rings is 1. The quantitative estimate of drug-likeness (QED) is 0.862. The molecule has 0 bridgehead atoms. The van der Waals surface area contributed by atoms with Gasteiger partial charge in [0.05, 0.1) is 5.75 Å². The van der Waals surface area contributed by atoms with E-state index in [1.807, 2.05) is 13.0 Å². The Hall–Kier alpha value is -1.14. The van der Waals surface area contributed by atoms with Crippen molar-refractivity contribution in [3.63, 3.8) is 0 Å². The Kier molecular flexibility index (Phi) is 4.76. The van der Waals surface area contributed by atoms with Crippen molar-refractivity contribution in [1.82, 2.24) is 10.3 Å². The van der Waals surface area contributed by atoms with E-state index in [-0.39, 0.29) is 5.75 Å². The summed E-state index contributed by atoms with van der Waals surface area (Å²) in [4.78, 5) is 4.05. The standard InChI is InChI=1S/C13H21N3O2S/c1-11-5-4-9-15-13(11)16-19(17,18)10-7-12-6-2-3-8-14-12/h4-5,9,12,14H,2-3,6-8,10H2,1H3,(H,15,16). The fourth-order valence-electron chi connectivity index (χ4n) is 2.26. The molecule has 2 N–H and O–H groups in total. The zero-order valence-corrected chi connectivity index (χ0v) is 12.0. The molecule has 1 saturated heterocycles. The summed E-state index contributed by atoms with van der Waals surface area (Å²) in [5, 5.41) is 3.36. The lowest BCUT2D eigenvalue weighted by molar-refractivity contribution is 0.393. The average molecular weight is 283 g/mol. The smallest absolute Gasteiger partial charge is 0.233 e. The van der Waals surface area contributed by atoms with Crippen LogP contribution in [0.4, 0.5) is 5.82 Å². The monoisotopic (exact) mass is 283 g/mol. The summed E-state index contributed by atoms with van der Waals surface area (Å²) in [5.74, 6) is 0.569. The molecule has 6 heteroatoms. The molecule has 106 valence electrons. The van der Waals surface area contributed by atoms with Crippen LogP contribution in [0.5, 0.6) is 0 Å². The summed E-state index contributed by atoms with van der Waals surface area (Å²) >= 11 is 0. The van der Waals surface area contributed by atoms with Crippen LogP contribution in [0.2, 0.25) is 0 Å². The highest BCUT2D eigenvalue weighted by atomic mass is 32.2. The van der Waals surface area contributed by atoms with Gasteiger partial charge in [0.25, 0.3) is 0 Å². The number of nitrogens with one attached hydrogen (secondary N) is 2. The third-order valence-electron chi connectivity index (χ3n) is 3.41. The molecular formula is C13H21N3O2S. The molecule has 1 aromatic heterocycles. The van der Waals surface area contributed by atoms with Gasteiger partial charge in [-0.2, -0.15) is 0 Å². The Bertz CT molecular complexity index is 510. The Morgan fingerprint density at radius 2 is 2.32 bits per heavy atom. The first-order valence-corrected chi connectivity index (χ1v) is 8.37. The van der Waals surface area contributed by atoms with Crippen LogP contribution in [0.3, 0.4) is 0 Å². The molecule has 0 amide bonds. The van der Waals surface area contributed by atoms with Gasteiger partial charge < -0.3 is 5.32 Å². The molecular weight excluding hydrogens is 262 g/mol. The van der Waals surface area contributed by atoms with Crippen molar-refractivity contribution in [3.8, 4) is 0 Å². The number of aryl methyl sites for hydroxylation is 1. The van der Waals surface area contributed by atoms with Gasteiger partial charge in [-0.25, -0.2) is 13.4 Å². The summed E-state index contributed by atoms with van der Waals surface area (Å²) in [6, 6.07) is 3.96. The number of hydrogen-bond donors (Lipinski definition) is 2. The summed E-state index contributed by atoms with van der Waals surface area (Å²) in [7, 11) is -3.31. The SMILES string of the molecule is Cc1cccnc1NS(=O)(=O)CCC1CCCCN1. The lowest BCUT2D eigenvalue weighted by atomic mass is 10.0. The van der Waals surface area contributed by atoms with Crippen LogP contribution in [0.1, 0.15) is 31.2 Å². The predicted octanol–water partition coefficient (Wildman–Crippen LogP) is 1.66. The summed E-state index contributed by atoms with van der Waals surface area (Å²) < 4.78 is 26.6. The highest BCUT2D eigenvalue weighted by molar-refractivity contribution is 7.92. The summed E-state index contributed by atoms with van der Waals surface area (Å²) in [6.45, 7) is 2.84.